The van der Waals surface area contributed by atoms with Crippen LogP contribution in [-0.4, -0.2) is 34.9 Å². The van der Waals surface area contributed by atoms with Crippen LogP contribution in [0.5, 0.6) is 0 Å². The summed E-state index contributed by atoms with van der Waals surface area (Å²) in [5.41, 5.74) is 0. The summed E-state index contributed by atoms with van der Waals surface area (Å²) < 4.78 is 4.92. The summed E-state index contributed by atoms with van der Waals surface area (Å²) in [6.45, 7) is 1.65. The van der Waals surface area contributed by atoms with E-state index in [-0.39, 0.29) is 25.4 Å². The largest absolute Gasteiger partial charge is 0.481 e. The van der Waals surface area contributed by atoms with E-state index in [4.69, 9.17) is 14.9 Å². The first kappa shape index (κ1) is 13.9. The highest BCUT2D eigenvalue weighted by atomic mass is 16.5. The van der Waals surface area contributed by atoms with E-state index in [1.54, 1.807) is 0 Å². The van der Waals surface area contributed by atoms with Gasteiger partial charge < -0.3 is 14.9 Å². The van der Waals surface area contributed by atoms with Gasteiger partial charge in [0.1, 0.15) is 6.10 Å². The SMILES string of the molecule is CCC(CO)OC(=O)CCCCC(=O)O. The van der Waals surface area contributed by atoms with Gasteiger partial charge in [0.2, 0.25) is 0 Å². The number of carboxylic acid groups (broad SMARTS) is 1. The van der Waals surface area contributed by atoms with Crippen molar-refractivity contribution in [1.82, 2.24) is 0 Å². The molecule has 0 rings (SSSR count). The van der Waals surface area contributed by atoms with Crippen molar-refractivity contribution in [3.63, 3.8) is 0 Å². The maximum atomic E-state index is 11.1. The Morgan fingerprint density at radius 3 is 2.33 bits per heavy atom. The van der Waals surface area contributed by atoms with Gasteiger partial charge in [-0.3, -0.25) is 9.59 Å². The zero-order valence-electron chi connectivity index (χ0n) is 8.94. The average Bonchev–Trinajstić information content (AvgIpc) is 2.20. The Hall–Kier alpha value is -1.10. The van der Waals surface area contributed by atoms with Gasteiger partial charge in [-0.05, 0) is 19.3 Å². The van der Waals surface area contributed by atoms with Crippen LogP contribution in [0.15, 0.2) is 0 Å². The van der Waals surface area contributed by atoms with Crippen molar-refractivity contribution in [1.29, 1.82) is 0 Å². The second-order valence-electron chi connectivity index (χ2n) is 3.30. The van der Waals surface area contributed by atoms with Crippen LogP contribution >= 0.6 is 0 Å². The third-order valence-corrected chi connectivity index (χ3v) is 1.98. The van der Waals surface area contributed by atoms with Crippen molar-refractivity contribution in [3.8, 4) is 0 Å². The summed E-state index contributed by atoms with van der Waals surface area (Å²) in [7, 11) is 0. The standard InChI is InChI=1S/C10H18O5/c1-2-8(7-11)15-10(14)6-4-3-5-9(12)13/h8,11H,2-7H2,1H3,(H,12,13). The number of carbonyl (C=O) groups is 2. The van der Waals surface area contributed by atoms with Gasteiger partial charge in [0.15, 0.2) is 0 Å². The zero-order chi connectivity index (χ0) is 11.7. The number of carboxylic acids is 1. The molecule has 0 bridgehead atoms. The number of aliphatic carboxylic acids is 1. The van der Waals surface area contributed by atoms with Crippen molar-refractivity contribution in [2.45, 2.75) is 45.1 Å². The van der Waals surface area contributed by atoms with Crippen LogP contribution < -0.4 is 0 Å². The van der Waals surface area contributed by atoms with Crippen LogP contribution in [0.25, 0.3) is 0 Å². The highest BCUT2D eigenvalue weighted by Gasteiger charge is 2.10. The molecule has 0 heterocycles. The fourth-order valence-electron chi connectivity index (χ4n) is 1.04. The lowest BCUT2D eigenvalue weighted by atomic mass is 10.2. The lowest BCUT2D eigenvalue weighted by Gasteiger charge is -2.12. The highest BCUT2D eigenvalue weighted by Crippen LogP contribution is 2.04. The first-order chi connectivity index (χ1) is 7.10. The van der Waals surface area contributed by atoms with E-state index in [1.807, 2.05) is 6.92 Å². The third-order valence-electron chi connectivity index (χ3n) is 1.98. The summed E-state index contributed by atoms with van der Waals surface area (Å²) in [6, 6.07) is 0. The molecule has 0 aromatic rings. The zero-order valence-corrected chi connectivity index (χ0v) is 8.94. The summed E-state index contributed by atoms with van der Waals surface area (Å²) >= 11 is 0. The molecule has 0 saturated heterocycles. The van der Waals surface area contributed by atoms with Crippen LogP contribution in [0.2, 0.25) is 0 Å². The molecule has 5 nitrogen and oxygen atoms in total. The van der Waals surface area contributed by atoms with Crippen LogP contribution in [-0.2, 0) is 14.3 Å². The minimum absolute atomic E-state index is 0.0739. The molecule has 0 amide bonds. The van der Waals surface area contributed by atoms with Gasteiger partial charge >= 0.3 is 11.9 Å². The maximum absolute atomic E-state index is 11.1. The predicted molar refractivity (Wildman–Crippen MR) is 53.4 cm³/mol. The Bertz CT molecular complexity index is 198. The number of aliphatic hydroxyl groups is 1. The van der Waals surface area contributed by atoms with Gasteiger partial charge in [-0.1, -0.05) is 6.92 Å². The number of aliphatic hydroxyl groups excluding tert-OH is 1. The first-order valence-electron chi connectivity index (χ1n) is 5.12. The molecule has 5 heteroatoms. The minimum Gasteiger partial charge on any atom is -0.481 e. The van der Waals surface area contributed by atoms with Crippen molar-refractivity contribution >= 4 is 11.9 Å². The minimum atomic E-state index is -0.856. The summed E-state index contributed by atoms with van der Waals surface area (Å²) in [4.78, 5) is 21.3. The lowest BCUT2D eigenvalue weighted by Crippen LogP contribution is -2.20. The van der Waals surface area contributed by atoms with E-state index < -0.39 is 12.1 Å². The monoisotopic (exact) mass is 218 g/mol. The Labute approximate surface area is 89.0 Å². The second kappa shape index (κ2) is 8.23. The van der Waals surface area contributed by atoms with Gasteiger partial charge in [0.25, 0.3) is 0 Å². The van der Waals surface area contributed by atoms with Gasteiger partial charge in [-0.2, -0.15) is 0 Å². The smallest absolute Gasteiger partial charge is 0.306 e. The molecule has 0 spiro atoms. The number of ether oxygens (including phenoxy) is 1. The number of hydrogen-bond donors (Lipinski definition) is 2. The molecule has 2 N–H and O–H groups in total. The molecule has 0 aromatic heterocycles. The Morgan fingerprint density at radius 2 is 1.87 bits per heavy atom. The van der Waals surface area contributed by atoms with Gasteiger partial charge in [0, 0.05) is 12.8 Å². The molecule has 0 radical (unpaired) electrons. The normalized spacial score (nSPS) is 12.1. The van der Waals surface area contributed by atoms with Crippen molar-refractivity contribution in [3.05, 3.63) is 0 Å². The third kappa shape index (κ3) is 7.93. The predicted octanol–water partition coefficient (Wildman–Crippen LogP) is 0.946. The maximum Gasteiger partial charge on any atom is 0.306 e. The first-order valence-corrected chi connectivity index (χ1v) is 5.12. The molecule has 1 atom stereocenters. The molecule has 15 heavy (non-hydrogen) atoms. The average molecular weight is 218 g/mol. The second-order valence-corrected chi connectivity index (χ2v) is 3.30. The molecular weight excluding hydrogens is 200 g/mol. The quantitative estimate of drug-likeness (QED) is 0.468. The van der Waals surface area contributed by atoms with E-state index in [0.29, 0.717) is 19.3 Å². The molecule has 0 aromatic carbocycles. The Balaban J connectivity index is 3.52. The summed E-state index contributed by atoms with van der Waals surface area (Å²) in [5.74, 6) is -1.23. The van der Waals surface area contributed by atoms with E-state index in [0.717, 1.165) is 0 Å². The van der Waals surface area contributed by atoms with E-state index >= 15 is 0 Å². The van der Waals surface area contributed by atoms with Crippen LogP contribution in [0, 0.1) is 0 Å². The topological polar surface area (TPSA) is 83.8 Å². The molecule has 0 aliphatic carbocycles. The molecule has 88 valence electrons. The van der Waals surface area contributed by atoms with E-state index in [9.17, 15) is 9.59 Å². The number of carbonyl (C=O) groups excluding carboxylic acids is 1. The number of unbranched alkanes of at least 4 members (excludes halogenated alkanes) is 1. The molecule has 1 unspecified atom stereocenters. The fraction of sp³-hybridized carbons (Fsp3) is 0.800. The summed E-state index contributed by atoms with van der Waals surface area (Å²) in [6.07, 6.45) is 1.41. The fourth-order valence-corrected chi connectivity index (χ4v) is 1.04. The van der Waals surface area contributed by atoms with E-state index in [2.05, 4.69) is 0 Å². The summed E-state index contributed by atoms with van der Waals surface area (Å²) in [5, 5.41) is 17.1. The van der Waals surface area contributed by atoms with Gasteiger partial charge in [-0.25, -0.2) is 0 Å². The molecule has 0 saturated carbocycles. The van der Waals surface area contributed by atoms with Crippen LogP contribution in [0.1, 0.15) is 39.0 Å². The van der Waals surface area contributed by atoms with Gasteiger partial charge in [-0.15, -0.1) is 0 Å². The van der Waals surface area contributed by atoms with E-state index in [1.165, 1.54) is 0 Å². The Kier molecular flexibility index (Phi) is 7.62. The van der Waals surface area contributed by atoms with Crippen molar-refractivity contribution in [2.24, 2.45) is 0 Å². The van der Waals surface area contributed by atoms with Crippen molar-refractivity contribution in [2.75, 3.05) is 6.61 Å². The molecule has 0 fully saturated rings. The molecular formula is C10H18O5. The molecule has 0 aliphatic rings. The number of rotatable bonds is 8. The number of esters is 1. The molecule has 0 aliphatic heterocycles. The Morgan fingerprint density at radius 1 is 1.27 bits per heavy atom. The highest BCUT2D eigenvalue weighted by molar-refractivity contribution is 5.70. The van der Waals surface area contributed by atoms with Crippen molar-refractivity contribution < 1.29 is 24.5 Å². The lowest BCUT2D eigenvalue weighted by molar-refractivity contribution is -0.151. The van der Waals surface area contributed by atoms with Crippen LogP contribution in [0.3, 0.4) is 0 Å². The van der Waals surface area contributed by atoms with Gasteiger partial charge in [0.05, 0.1) is 6.61 Å². The van der Waals surface area contributed by atoms with Crippen LogP contribution in [0.4, 0.5) is 0 Å². The number of hydrogen-bond acceptors (Lipinski definition) is 4.